The molecule has 14 heteroatoms. The van der Waals surface area contributed by atoms with Gasteiger partial charge in [0.15, 0.2) is 11.7 Å². The molecule has 36 heavy (non-hydrogen) atoms. The second kappa shape index (κ2) is 14.9. The topological polar surface area (TPSA) is 116 Å². The van der Waals surface area contributed by atoms with Crippen molar-refractivity contribution in [2.75, 3.05) is 68.1 Å². The number of hydrogen-bond acceptors (Lipinski definition) is 11. The molecule has 0 N–H and O–H groups in total. The molecule has 0 radical (unpaired) electrons. The lowest BCUT2D eigenvalue weighted by Crippen LogP contribution is -2.59. The Labute approximate surface area is 219 Å². The van der Waals surface area contributed by atoms with Gasteiger partial charge in [-0.25, -0.2) is 0 Å². The molecule has 0 bridgehead atoms. The lowest BCUT2D eigenvalue weighted by molar-refractivity contribution is -0.154. The third-order valence-corrected chi connectivity index (χ3v) is 16.9. The van der Waals surface area contributed by atoms with Crippen LogP contribution in [0, 0.1) is 0 Å². The summed E-state index contributed by atoms with van der Waals surface area (Å²) in [7, 11) is -2.51. The van der Waals surface area contributed by atoms with Crippen molar-refractivity contribution in [3.63, 3.8) is 0 Å². The van der Waals surface area contributed by atoms with Crippen LogP contribution in [0.25, 0.3) is 0 Å². The van der Waals surface area contributed by atoms with Gasteiger partial charge >= 0.3 is 25.7 Å². The zero-order chi connectivity index (χ0) is 26.7. The number of methoxy groups -OCH3 is 1. The lowest BCUT2D eigenvalue weighted by atomic mass is 10.4. The molecule has 0 spiro atoms. The fraction of sp³-hybridized carbons (Fsp3) is 0.955. The number of ether oxygens (including phenoxy) is 5. The fourth-order valence-corrected chi connectivity index (χ4v) is 13.1. The average molecular weight is 571 g/mol. The maximum absolute atomic E-state index is 12.4. The van der Waals surface area contributed by atoms with Gasteiger partial charge in [-0.05, 0) is 44.9 Å². The van der Waals surface area contributed by atoms with E-state index in [0.717, 1.165) is 32.0 Å². The molecule has 0 aromatic rings. The first-order valence-electron chi connectivity index (χ1n) is 12.5. The van der Waals surface area contributed by atoms with Crippen LogP contribution in [0.5, 0.6) is 0 Å². The number of carbonyl (C=O) groups is 1. The van der Waals surface area contributed by atoms with Crippen molar-refractivity contribution in [2.24, 2.45) is 0 Å². The van der Waals surface area contributed by atoms with E-state index in [9.17, 15) is 4.79 Å². The maximum Gasteiger partial charge on any atom is 0.402 e. The first-order valence-corrected chi connectivity index (χ1v) is 19.7. The normalized spacial score (nSPS) is 25.9. The molecule has 11 nitrogen and oxygen atoms in total. The highest BCUT2D eigenvalue weighted by molar-refractivity contribution is 6.97. The minimum Gasteiger partial charge on any atom is -0.410 e. The Morgan fingerprint density at radius 2 is 1.36 bits per heavy atom. The number of carbonyl (C=O) groups excluding carboxylic acids is 1. The minimum atomic E-state index is -3.42. The summed E-state index contributed by atoms with van der Waals surface area (Å²) in [6.45, 7) is 9.65. The van der Waals surface area contributed by atoms with Crippen LogP contribution in [0.4, 0.5) is 0 Å². The second-order valence-electron chi connectivity index (χ2n) is 9.80. The van der Waals surface area contributed by atoms with Crippen LogP contribution in [-0.2, 0) is 50.3 Å². The molecular weight excluding hydrogens is 524 g/mol. The Hall–Kier alpha value is -0.0794. The fourth-order valence-electron chi connectivity index (χ4n) is 3.82. The van der Waals surface area contributed by atoms with E-state index >= 15 is 0 Å². The van der Waals surface area contributed by atoms with Gasteiger partial charge in [-0.15, -0.1) is 0 Å². The van der Waals surface area contributed by atoms with Gasteiger partial charge in [0.2, 0.25) is 0 Å². The molecule has 0 aromatic heterocycles. The van der Waals surface area contributed by atoms with Crippen molar-refractivity contribution >= 4 is 31.6 Å². The van der Waals surface area contributed by atoms with Crippen LogP contribution in [0.3, 0.4) is 0 Å². The molecule has 2 aliphatic rings. The lowest BCUT2D eigenvalue weighted by Gasteiger charge is -2.42. The van der Waals surface area contributed by atoms with Gasteiger partial charge in [0.05, 0.1) is 26.4 Å². The summed E-state index contributed by atoms with van der Waals surface area (Å²) in [5, 5.41) is 0. The Kier molecular flexibility index (Phi) is 13.3. The molecule has 2 saturated heterocycles. The van der Waals surface area contributed by atoms with Crippen LogP contribution in [0.15, 0.2) is 0 Å². The molecule has 2 fully saturated rings. The first-order chi connectivity index (χ1) is 17.1. The molecule has 2 aliphatic heterocycles. The van der Waals surface area contributed by atoms with E-state index in [-0.39, 0.29) is 18.3 Å². The molecular formula is C22H46O11Si3. The van der Waals surface area contributed by atoms with E-state index in [0.29, 0.717) is 38.5 Å². The largest absolute Gasteiger partial charge is 0.410 e. The summed E-state index contributed by atoms with van der Waals surface area (Å²) in [6.07, 6.45) is 2.00. The van der Waals surface area contributed by atoms with Gasteiger partial charge in [-0.2, -0.15) is 0 Å². The van der Waals surface area contributed by atoms with Gasteiger partial charge in [0, 0.05) is 47.7 Å². The van der Waals surface area contributed by atoms with E-state index in [2.05, 4.69) is 0 Å². The third kappa shape index (κ3) is 11.3. The van der Waals surface area contributed by atoms with Crippen molar-refractivity contribution < 1.29 is 50.3 Å². The number of hydrogen-bond donors (Lipinski definition) is 0. The summed E-state index contributed by atoms with van der Waals surface area (Å²) >= 11 is 0. The smallest absolute Gasteiger partial charge is 0.402 e. The highest BCUT2D eigenvalue weighted by atomic mass is 28.5. The summed E-state index contributed by atoms with van der Waals surface area (Å²) < 4.78 is 57.8. The quantitative estimate of drug-likeness (QED) is 0.0592. The SMILES string of the molecule is COC(C)(C[Si](C=O)(OC)O[Si](C)(CCCOCC1CO1)OC)O[Si](C)(CCCOCC1CO1)OC. The standard InChI is InChI=1S/C22H46O11Si3/c1-22(24-2,32-34(6,25-3)12-8-10-28-14-20-16-30-20)18-36(19-23,27-5)33-35(7,26-4)13-9-11-29-15-21-17-31-21/h19-21H,8-18H2,1-7H3. The van der Waals surface area contributed by atoms with E-state index in [1.165, 1.54) is 7.11 Å². The average Bonchev–Trinajstić information content (AvgIpc) is 3.79. The van der Waals surface area contributed by atoms with Crippen LogP contribution in [0.1, 0.15) is 19.8 Å². The Balaban J connectivity index is 1.95. The molecule has 0 aromatic carbocycles. The van der Waals surface area contributed by atoms with Gasteiger partial charge in [-0.3, -0.25) is 0 Å². The van der Waals surface area contributed by atoms with Crippen LogP contribution < -0.4 is 0 Å². The van der Waals surface area contributed by atoms with Crippen LogP contribution in [-0.4, -0.2) is 118 Å². The molecule has 2 heterocycles. The van der Waals surface area contributed by atoms with Gasteiger partial charge in [0.1, 0.15) is 12.2 Å². The number of rotatable bonds is 23. The van der Waals surface area contributed by atoms with Crippen molar-refractivity contribution in [1.82, 2.24) is 0 Å². The predicted octanol–water partition coefficient (Wildman–Crippen LogP) is 2.29. The second-order valence-corrected chi connectivity index (χ2v) is 19.8. The van der Waals surface area contributed by atoms with Gasteiger partial charge in [0.25, 0.3) is 0 Å². The Morgan fingerprint density at radius 1 is 0.861 bits per heavy atom. The molecule has 0 amide bonds. The predicted molar refractivity (Wildman–Crippen MR) is 139 cm³/mol. The third-order valence-electron chi connectivity index (χ3n) is 6.46. The zero-order valence-corrected chi connectivity index (χ0v) is 26.0. The van der Waals surface area contributed by atoms with Gasteiger partial charge in [-0.1, -0.05) is 0 Å². The summed E-state index contributed by atoms with van der Waals surface area (Å²) in [5.74, 6) is -0.350. The molecule has 0 saturated carbocycles. The van der Waals surface area contributed by atoms with Crippen molar-refractivity contribution in [1.29, 1.82) is 0 Å². The molecule has 212 valence electrons. The monoisotopic (exact) mass is 570 g/mol. The van der Waals surface area contributed by atoms with Crippen LogP contribution in [0.2, 0.25) is 31.2 Å². The van der Waals surface area contributed by atoms with Crippen molar-refractivity contribution in [3.05, 3.63) is 0 Å². The Morgan fingerprint density at radius 3 is 1.75 bits per heavy atom. The van der Waals surface area contributed by atoms with E-state index in [1.807, 2.05) is 13.1 Å². The van der Waals surface area contributed by atoms with Gasteiger partial charge < -0.3 is 50.3 Å². The Bertz CT molecular complexity index is 657. The highest BCUT2D eigenvalue weighted by Crippen LogP contribution is 2.33. The maximum atomic E-state index is 12.4. The van der Waals surface area contributed by atoms with E-state index in [4.69, 9.17) is 45.5 Å². The summed E-state index contributed by atoms with van der Waals surface area (Å²) in [6, 6.07) is 1.50. The molecule has 0 aliphatic carbocycles. The highest BCUT2D eigenvalue weighted by Gasteiger charge is 2.53. The minimum absolute atomic E-state index is 0.138. The van der Waals surface area contributed by atoms with E-state index in [1.54, 1.807) is 28.3 Å². The van der Waals surface area contributed by atoms with Crippen molar-refractivity contribution in [2.45, 2.75) is 69.0 Å². The molecule has 6 atom stereocenters. The van der Waals surface area contributed by atoms with E-state index < -0.39 is 31.5 Å². The molecule has 6 unspecified atom stereocenters. The molecule has 2 rings (SSSR count). The van der Waals surface area contributed by atoms with Crippen molar-refractivity contribution in [3.8, 4) is 0 Å². The van der Waals surface area contributed by atoms with Crippen LogP contribution >= 0.6 is 0 Å². The summed E-state index contributed by atoms with van der Waals surface area (Å²) in [4.78, 5) is 12.4. The zero-order valence-electron chi connectivity index (χ0n) is 23.0. The number of epoxide rings is 2. The summed E-state index contributed by atoms with van der Waals surface area (Å²) in [5.41, 5.74) is 0. The first kappa shape index (κ1) is 32.1.